The standard InChI is InChI=1S/C8H9ClF2N2O/c1-14-8-6(9)4(2-12)5(3-13-8)7(10)11/h3,7H,2,12H2,1H3. The van der Waals surface area contributed by atoms with E-state index in [0.717, 1.165) is 6.20 Å². The molecule has 0 aliphatic rings. The topological polar surface area (TPSA) is 48.1 Å². The first-order valence-electron chi connectivity index (χ1n) is 3.81. The second-order valence-electron chi connectivity index (χ2n) is 2.52. The molecular weight excluding hydrogens is 214 g/mol. The molecule has 0 bridgehead atoms. The highest BCUT2D eigenvalue weighted by Crippen LogP contribution is 2.32. The van der Waals surface area contributed by atoms with Crippen LogP contribution < -0.4 is 10.5 Å². The molecule has 0 aromatic carbocycles. The van der Waals surface area contributed by atoms with Crippen molar-refractivity contribution in [2.75, 3.05) is 7.11 Å². The van der Waals surface area contributed by atoms with Crippen LogP contribution >= 0.6 is 11.6 Å². The van der Waals surface area contributed by atoms with Gasteiger partial charge in [0.05, 0.1) is 7.11 Å². The van der Waals surface area contributed by atoms with Crippen LogP contribution in [-0.4, -0.2) is 12.1 Å². The van der Waals surface area contributed by atoms with Gasteiger partial charge in [-0.1, -0.05) is 11.6 Å². The Bertz CT molecular complexity index is 333. The van der Waals surface area contributed by atoms with Crippen molar-refractivity contribution in [2.24, 2.45) is 5.73 Å². The molecule has 6 heteroatoms. The van der Waals surface area contributed by atoms with E-state index in [-0.39, 0.29) is 28.6 Å². The van der Waals surface area contributed by atoms with Crippen LogP contribution in [0.4, 0.5) is 8.78 Å². The van der Waals surface area contributed by atoms with Gasteiger partial charge in [-0.3, -0.25) is 0 Å². The van der Waals surface area contributed by atoms with E-state index in [4.69, 9.17) is 22.1 Å². The number of ether oxygens (including phenoxy) is 1. The molecule has 78 valence electrons. The van der Waals surface area contributed by atoms with Gasteiger partial charge < -0.3 is 10.5 Å². The Hall–Kier alpha value is -0.940. The zero-order valence-electron chi connectivity index (χ0n) is 7.43. The minimum atomic E-state index is -2.63. The Morgan fingerprint density at radius 1 is 1.64 bits per heavy atom. The lowest BCUT2D eigenvalue weighted by molar-refractivity contribution is 0.149. The molecule has 0 fully saturated rings. The maximum Gasteiger partial charge on any atom is 0.265 e. The number of aromatic nitrogens is 1. The highest BCUT2D eigenvalue weighted by atomic mass is 35.5. The molecule has 0 atom stereocenters. The molecule has 3 nitrogen and oxygen atoms in total. The van der Waals surface area contributed by atoms with E-state index in [0.29, 0.717) is 0 Å². The van der Waals surface area contributed by atoms with Gasteiger partial charge in [-0.25, -0.2) is 13.8 Å². The molecule has 0 unspecified atom stereocenters. The van der Waals surface area contributed by atoms with E-state index in [9.17, 15) is 8.78 Å². The molecule has 0 saturated heterocycles. The number of hydrogen-bond acceptors (Lipinski definition) is 3. The third kappa shape index (κ3) is 1.93. The van der Waals surface area contributed by atoms with Crippen LogP contribution in [-0.2, 0) is 6.54 Å². The third-order valence-electron chi connectivity index (χ3n) is 1.75. The highest BCUT2D eigenvalue weighted by Gasteiger charge is 2.18. The lowest BCUT2D eigenvalue weighted by Gasteiger charge is -2.10. The molecule has 0 aliphatic heterocycles. The third-order valence-corrected chi connectivity index (χ3v) is 2.14. The average Bonchev–Trinajstić information content (AvgIpc) is 2.17. The molecule has 0 saturated carbocycles. The van der Waals surface area contributed by atoms with E-state index in [1.807, 2.05) is 0 Å². The second kappa shape index (κ2) is 4.52. The number of pyridine rings is 1. The predicted molar refractivity (Wildman–Crippen MR) is 48.6 cm³/mol. The average molecular weight is 223 g/mol. The summed E-state index contributed by atoms with van der Waals surface area (Å²) in [5, 5.41) is 0.0489. The summed E-state index contributed by atoms with van der Waals surface area (Å²) in [6.45, 7) is -0.0720. The van der Waals surface area contributed by atoms with E-state index >= 15 is 0 Å². The number of halogens is 3. The van der Waals surface area contributed by atoms with Crippen LogP contribution in [0.3, 0.4) is 0 Å². The summed E-state index contributed by atoms with van der Waals surface area (Å²) in [5.74, 6) is 0.108. The predicted octanol–water partition coefficient (Wildman–Crippen LogP) is 2.14. The molecule has 1 aromatic heterocycles. The molecule has 14 heavy (non-hydrogen) atoms. The van der Waals surface area contributed by atoms with E-state index in [2.05, 4.69) is 4.98 Å². The van der Waals surface area contributed by atoms with Crippen molar-refractivity contribution < 1.29 is 13.5 Å². The van der Waals surface area contributed by atoms with Crippen LogP contribution in [0.15, 0.2) is 6.20 Å². The van der Waals surface area contributed by atoms with Gasteiger partial charge in [0.2, 0.25) is 5.88 Å². The summed E-state index contributed by atoms with van der Waals surface area (Å²) >= 11 is 5.76. The summed E-state index contributed by atoms with van der Waals surface area (Å²) in [5.41, 5.74) is 5.23. The zero-order chi connectivity index (χ0) is 10.7. The molecule has 1 heterocycles. The van der Waals surface area contributed by atoms with E-state index in [1.54, 1.807) is 0 Å². The Morgan fingerprint density at radius 2 is 2.29 bits per heavy atom. The van der Waals surface area contributed by atoms with Crippen molar-refractivity contribution in [1.29, 1.82) is 0 Å². The monoisotopic (exact) mass is 222 g/mol. The molecule has 0 aliphatic carbocycles. The number of alkyl halides is 2. The quantitative estimate of drug-likeness (QED) is 0.853. The maximum atomic E-state index is 12.4. The van der Waals surface area contributed by atoms with Gasteiger partial charge in [-0.2, -0.15) is 0 Å². The molecule has 2 N–H and O–H groups in total. The Balaban J connectivity index is 3.28. The summed E-state index contributed by atoms with van der Waals surface area (Å²) in [6.07, 6.45) is -1.61. The zero-order valence-corrected chi connectivity index (χ0v) is 8.18. The minimum absolute atomic E-state index is 0.0489. The van der Waals surface area contributed by atoms with Crippen LogP contribution in [0, 0.1) is 0 Å². The van der Waals surface area contributed by atoms with Crippen molar-refractivity contribution in [3.05, 3.63) is 22.3 Å². The Kier molecular flexibility index (Phi) is 3.60. The second-order valence-corrected chi connectivity index (χ2v) is 2.90. The van der Waals surface area contributed by atoms with Crippen molar-refractivity contribution in [2.45, 2.75) is 13.0 Å². The number of rotatable bonds is 3. The van der Waals surface area contributed by atoms with E-state index < -0.39 is 6.43 Å². The number of nitrogens with zero attached hydrogens (tertiary/aromatic N) is 1. The van der Waals surface area contributed by atoms with Crippen LogP contribution in [0.25, 0.3) is 0 Å². The van der Waals surface area contributed by atoms with Gasteiger partial charge in [0.15, 0.2) is 0 Å². The maximum absolute atomic E-state index is 12.4. The van der Waals surface area contributed by atoms with Crippen LogP contribution in [0.2, 0.25) is 5.02 Å². The smallest absolute Gasteiger partial charge is 0.265 e. The minimum Gasteiger partial charge on any atom is -0.480 e. The lowest BCUT2D eigenvalue weighted by atomic mass is 10.1. The molecule has 0 amide bonds. The Morgan fingerprint density at radius 3 is 2.71 bits per heavy atom. The highest BCUT2D eigenvalue weighted by molar-refractivity contribution is 6.32. The normalized spacial score (nSPS) is 10.7. The van der Waals surface area contributed by atoms with Crippen molar-refractivity contribution in [3.63, 3.8) is 0 Å². The first-order chi connectivity index (χ1) is 6.61. The molecule has 0 spiro atoms. The molecule has 0 radical (unpaired) electrons. The van der Waals surface area contributed by atoms with Gasteiger partial charge in [-0.05, 0) is 0 Å². The van der Waals surface area contributed by atoms with Gasteiger partial charge in [0.25, 0.3) is 6.43 Å². The fraction of sp³-hybridized carbons (Fsp3) is 0.375. The van der Waals surface area contributed by atoms with Crippen molar-refractivity contribution in [3.8, 4) is 5.88 Å². The summed E-state index contributed by atoms with van der Waals surface area (Å²) in [7, 11) is 1.36. The number of hydrogen-bond donors (Lipinski definition) is 1. The van der Waals surface area contributed by atoms with Crippen LogP contribution in [0.1, 0.15) is 17.6 Å². The fourth-order valence-electron chi connectivity index (χ4n) is 1.06. The summed E-state index contributed by atoms with van der Waals surface area (Å²) in [4.78, 5) is 3.64. The summed E-state index contributed by atoms with van der Waals surface area (Å²) in [6, 6.07) is 0. The van der Waals surface area contributed by atoms with Crippen molar-refractivity contribution >= 4 is 11.6 Å². The first kappa shape index (κ1) is 11.1. The van der Waals surface area contributed by atoms with Gasteiger partial charge >= 0.3 is 0 Å². The van der Waals surface area contributed by atoms with Crippen LogP contribution in [0.5, 0.6) is 5.88 Å². The van der Waals surface area contributed by atoms with Crippen molar-refractivity contribution in [1.82, 2.24) is 4.98 Å². The molecular formula is C8H9ClF2N2O. The van der Waals surface area contributed by atoms with Gasteiger partial charge in [0.1, 0.15) is 5.02 Å². The Labute approximate surface area is 84.8 Å². The summed E-state index contributed by atoms with van der Waals surface area (Å²) < 4.78 is 29.6. The number of nitrogens with two attached hydrogens (primary N) is 1. The first-order valence-corrected chi connectivity index (χ1v) is 4.19. The van der Waals surface area contributed by atoms with E-state index in [1.165, 1.54) is 7.11 Å². The van der Waals surface area contributed by atoms with Gasteiger partial charge in [-0.15, -0.1) is 0 Å². The fourth-order valence-corrected chi connectivity index (χ4v) is 1.37. The SMILES string of the molecule is COc1ncc(C(F)F)c(CN)c1Cl. The largest absolute Gasteiger partial charge is 0.480 e. The number of methoxy groups -OCH3 is 1. The lowest BCUT2D eigenvalue weighted by Crippen LogP contribution is -2.05. The molecule has 1 rings (SSSR count). The molecule has 1 aromatic rings. The van der Waals surface area contributed by atoms with Gasteiger partial charge in [0, 0.05) is 23.9 Å².